The molecule has 2 aromatic heterocycles. The van der Waals surface area contributed by atoms with E-state index in [0.29, 0.717) is 17.0 Å². The summed E-state index contributed by atoms with van der Waals surface area (Å²) < 4.78 is 7.37. The molecule has 0 spiro atoms. The van der Waals surface area contributed by atoms with E-state index in [4.69, 9.17) is 22.1 Å². The number of nitrogens with two attached hydrogens (primary N) is 1. The third-order valence-corrected chi connectivity index (χ3v) is 5.62. The van der Waals surface area contributed by atoms with Crippen molar-refractivity contribution in [2.24, 2.45) is 5.92 Å². The summed E-state index contributed by atoms with van der Waals surface area (Å²) in [6.07, 6.45) is 7.08. The molecule has 1 amide bonds. The van der Waals surface area contributed by atoms with Crippen molar-refractivity contribution in [3.63, 3.8) is 0 Å². The fourth-order valence-corrected chi connectivity index (χ4v) is 4.13. The number of halogens is 1. The van der Waals surface area contributed by atoms with E-state index in [9.17, 15) is 4.79 Å². The largest absolute Gasteiger partial charge is 0.382 e. The number of aromatic nitrogens is 4. The SMILES string of the molecule is Nc1nc(Cl)nc2c1ncn2[C@H]1CC[C@@H](C(=O)NC2CCOCC2)CC1. The van der Waals surface area contributed by atoms with Crippen molar-refractivity contribution in [2.45, 2.75) is 50.6 Å². The standard InChI is InChI=1S/C17H23ClN6O2/c18-17-22-14(19)13-15(23-17)24(9-20-13)12-3-1-10(2-4-12)16(25)21-11-5-7-26-8-6-11/h9-12H,1-8H2,(H,21,25)(H2,19,22,23)/t10-,12+. The summed E-state index contributed by atoms with van der Waals surface area (Å²) in [4.78, 5) is 25.1. The molecule has 0 unspecified atom stereocenters. The molecule has 0 radical (unpaired) electrons. The average Bonchev–Trinajstić information content (AvgIpc) is 3.07. The van der Waals surface area contributed by atoms with Gasteiger partial charge >= 0.3 is 0 Å². The lowest BCUT2D eigenvalue weighted by molar-refractivity contribution is -0.127. The second-order valence-electron chi connectivity index (χ2n) is 7.10. The van der Waals surface area contributed by atoms with E-state index in [-0.39, 0.29) is 29.2 Å². The van der Waals surface area contributed by atoms with Crippen LogP contribution in [-0.4, -0.2) is 44.7 Å². The molecule has 1 aliphatic heterocycles. The fourth-order valence-electron chi connectivity index (χ4n) is 3.96. The van der Waals surface area contributed by atoms with Crippen molar-refractivity contribution in [1.82, 2.24) is 24.8 Å². The summed E-state index contributed by atoms with van der Waals surface area (Å²) in [5.41, 5.74) is 7.12. The Bertz CT molecular complexity index is 796. The van der Waals surface area contributed by atoms with E-state index >= 15 is 0 Å². The maximum Gasteiger partial charge on any atom is 0.226 e. The Hall–Kier alpha value is -1.93. The van der Waals surface area contributed by atoms with Crippen molar-refractivity contribution in [3.8, 4) is 0 Å². The lowest BCUT2D eigenvalue weighted by Crippen LogP contribution is -2.42. The van der Waals surface area contributed by atoms with Gasteiger partial charge in [0.1, 0.15) is 5.52 Å². The molecular formula is C17H23ClN6O2. The lowest BCUT2D eigenvalue weighted by atomic mass is 9.85. The molecule has 140 valence electrons. The summed E-state index contributed by atoms with van der Waals surface area (Å²) >= 11 is 5.94. The Kier molecular flexibility index (Phi) is 4.95. The van der Waals surface area contributed by atoms with Gasteiger partial charge in [-0.3, -0.25) is 4.79 Å². The van der Waals surface area contributed by atoms with E-state index in [1.54, 1.807) is 6.33 Å². The van der Waals surface area contributed by atoms with E-state index < -0.39 is 0 Å². The van der Waals surface area contributed by atoms with Crippen LogP contribution in [0.2, 0.25) is 5.28 Å². The van der Waals surface area contributed by atoms with E-state index in [1.165, 1.54) is 0 Å². The Balaban J connectivity index is 1.40. The van der Waals surface area contributed by atoms with Gasteiger partial charge in [0.2, 0.25) is 11.2 Å². The van der Waals surface area contributed by atoms with Crippen LogP contribution in [0.1, 0.15) is 44.6 Å². The number of anilines is 1. The molecule has 2 fully saturated rings. The maximum absolute atomic E-state index is 12.5. The van der Waals surface area contributed by atoms with Crippen LogP contribution >= 0.6 is 11.6 Å². The molecule has 4 rings (SSSR count). The molecule has 1 saturated carbocycles. The number of hydrogen-bond acceptors (Lipinski definition) is 6. The molecule has 2 aromatic rings. The molecule has 2 aliphatic rings. The molecule has 1 aliphatic carbocycles. The van der Waals surface area contributed by atoms with Crippen LogP contribution in [0.3, 0.4) is 0 Å². The van der Waals surface area contributed by atoms with Crippen LogP contribution in [-0.2, 0) is 9.53 Å². The topological polar surface area (TPSA) is 108 Å². The highest BCUT2D eigenvalue weighted by atomic mass is 35.5. The second-order valence-corrected chi connectivity index (χ2v) is 7.44. The minimum Gasteiger partial charge on any atom is -0.382 e. The number of nitrogen functional groups attached to an aromatic ring is 1. The quantitative estimate of drug-likeness (QED) is 0.792. The summed E-state index contributed by atoms with van der Waals surface area (Å²) in [6.45, 7) is 1.47. The molecule has 9 heteroatoms. The second kappa shape index (κ2) is 7.36. The van der Waals surface area contributed by atoms with E-state index in [1.807, 2.05) is 4.57 Å². The predicted octanol–water partition coefficient (Wildman–Crippen LogP) is 2.09. The monoisotopic (exact) mass is 378 g/mol. The molecular weight excluding hydrogens is 356 g/mol. The van der Waals surface area contributed by atoms with Gasteiger partial charge in [0.25, 0.3) is 0 Å². The summed E-state index contributed by atoms with van der Waals surface area (Å²) in [5, 5.41) is 3.32. The van der Waals surface area contributed by atoms with Crippen LogP contribution < -0.4 is 11.1 Å². The summed E-state index contributed by atoms with van der Waals surface area (Å²) in [7, 11) is 0. The number of ether oxygens (including phenoxy) is 1. The van der Waals surface area contributed by atoms with Crippen molar-refractivity contribution in [3.05, 3.63) is 11.6 Å². The smallest absolute Gasteiger partial charge is 0.226 e. The first-order valence-corrected chi connectivity index (χ1v) is 9.53. The van der Waals surface area contributed by atoms with Gasteiger partial charge in [0, 0.05) is 31.2 Å². The first-order valence-electron chi connectivity index (χ1n) is 9.15. The molecule has 0 aromatic carbocycles. The van der Waals surface area contributed by atoms with Crippen molar-refractivity contribution < 1.29 is 9.53 Å². The number of hydrogen-bond donors (Lipinski definition) is 2. The lowest BCUT2D eigenvalue weighted by Gasteiger charge is -2.31. The highest BCUT2D eigenvalue weighted by Gasteiger charge is 2.29. The zero-order valence-corrected chi connectivity index (χ0v) is 15.3. The van der Waals surface area contributed by atoms with Crippen LogP contribution in [0, 0.1) is 5.92 Å². The van der Waals surface area contributed by atoms with Gasteiger partial charge in [-0.1, -0.05) is 0 Å². The minimum atomic E-state index is 0.0761. The Labute approximate surface area is 156 Å². The highest BCUT2D eigenvalue weighted by molar-refractivity contribution is 6.28. The Morgan fingerprint density at radius 1 is 1.19 bits per heavy atom. The van der Waals surface area contributed by atoms with Gasteiger partial charge in [0.15, 0.2) is 11.5 Å². The number of nitrogens with one attached hydrogen (secondary N) is 1. The molecule has 8 nitrogen and oxygen atoms in total. The Morgan fingerprint density at radius 3 is 2.65 bits per heavy atom. The number of fused-ring (bicyclic) bond motifs is 1. The van der Waals surface area contributed by atoms with Crippen molar-refractivity contribution in [1.29, 1.82) is 0 Å². The van der Waals surface area contributed by atoms with E-state index in [0.717, 1.165) is 51.7 Å². The molecule has 0 atom stereocenters. The number of amides is 1. The van der Waals surface area contributed by atoms with E-state index in [2.05, 4.69) is 20.3 Å². The molecule has 3 heterocycles. The summed E-state index contributed by atoms with van der Waals surface area (Å²) in [5.74, 6) is 0.552. The third-order valence-electron chi connectivity index (χ3n) is 5.45. The molecule has 26 heavy (non-hydrogen) atoms. The van der Waals surface area contributed by atoms with Gasteiger partial charge < -0.3 is 20.4 Å². The number of imidazole rings is 1. The number of rotatable bonds is 3. The first kappa shape index (κ1) is 17.5. The highest BCUT2D eigenvalue weighted by Crippen LogP contribution is 2.34. The zero-order chi connectivity index (χ0) is 18.1. The van der Waals surface area contributed by atoms with Gasteiger partial charge in [-0.2, -0.15) is 9.97 Å². The zero-order valence-electron chi connectivity index (χ0n) is 14.5. The molecule has 3 N–H and O–H groups in total. The fraction of sp³-hybridized carbons (Fsp3) is 0.647. The van der Waals surface area contributed by atoms with Crippen LogP contribution in [0.5, 0.6) is 0 Å². The van der Waals surface area contributed by atoms with Crippen LogP contribution in [0.15, 0.2) is 6.33 Å². The van der Waals surface area contributed by atoms with Gasteiger partial charge in [0.05, 0.1) is 6.33 Å². The van der Waals surface area contributed by atoms with Crippen LogP contribution in [0.4, 0.5) is 5.82 Å². The number of carbonyl (C=O) groups is 1. The third kappa shape index (κ3) is 3.48. The normalized spacial score (nSPS) is 24.7. The van der Waals surface area contributed by atoms with Gasteiger partial charge in [-0.15, -0.1) is 0 Å². The van der Waals surface area contributed by atoms with Gasteiger partial charge in [-0.25, -0.2) is 4.98 Å². The summed E-state index contributed by atoms with van der Waals surface area (Å²) in [6, 6.07) is 0.505. The Morgan fingerprint density at radius 2 is 1.92 bits per heavy atom. The van der Waals surface area contributed by atoms with Gasteiger partial charge in [-0.05, 0) is 50.1 Å². The van der Waals surface area contributed by atoms with Crippen molar-refractivity contribution in [2.75, 3.05) is 18.9 Å². The van der Waals surface area contributed by atoms with Crippen molar-refractivity contribution >= 4 is 34.5 Å². The predicted molar refractivity (Wildman–Crippen MR) is 97.7 cm³/mol. The first-order chi connectivity index (χ1) is 12.6. The minimum absolute atomic E-state index is 0.0761. The number of carbonyl (C=O) groups excluding carboxylic acids is 1. The molecule has 1 saturated heterocycles. The average molecular weight is 379 g/mol. The number of nitrogens with zero attached hydrogens (tertiary/aromatic N) is 4. The van der Waals surface area contributed by atoms with Crippen LogP contribution in [0.25, 0.3) is 11.2 Å². The molecule has 0 bridgehead atoms. The maximum atomic E-state index is 12.5.